The summed E-state index contributed by atoms with van der Waals surface area (Å²) in [6.45, 7) is 4.91. The average Bonchev–Trinajstić information content (AvgIpc) is 3.36. The molecule has 6 nitrogen and oxygen atoms in total. The number of ether oxygens (including phenoxy) is 1. The van der Waals surface area contributed by atoms with Crippen LogP contribution in [0.25, 0.3) is 0 Å². The third-order valence-corrected chi connectivity index (χ3v) is 15.1. The summed E-state index contributed by atoms with van der Waals surface area (Å²) in [5.41, 5.74) is 0. The number of carbonyl (C=O) groups is 2. The van der Waals surface area contributed by atoms with E-state index in [2.05, 4.69) is 19.2 Å². The highest BCUT2D eigenvalue weighted by Crippen LogP contribution is 2.18. The van der Waals surface area contributed by atoms with Crippen LogP contribution in [-0.2, 0) is 14.3 Å². The molecule has 0 fully saturated rings. The molecule has 0 radical (unpaired) electrons. The normalized spacial score (nSPS) is 12.6. The number of hydrogen-bond donors (Lipinski definition) is 3. The maximum absolute atomic E-state index is 12.5. The summed E-state index contributed by atoms with van der Waals surface area (Å²) in [4.78, 5) is 24.6. The van der Waals surface area contributed by atoms with Crippen molar-refractivity contribution in [1.82, 2.24) is 5.32 Å². The molecule has 3 N–H and O–H groups in total. The number of carbonyl (C=O) groups excluding carboxylic acids is 2. The molecule has 0 aliphatic rings. The van der Waals surface area contributed by atoms with E-state index in [4.69, 9.17) is 4.74 Å². The Bertz CT molecular complexity index is 1050. The molecule has 0 aliphatic heterocycles. The van der Waals surface area contributed by atoms with Crippen molar-refractivity contribution in [3.63, 3.8) is 0 Å². The van der Waals surface area contributed by atoms with Crippen molar-refractivity contribution in [3.05, 3.63) is 12.2 Å². The number of rotatable bonds is 60. The summed E-state index contributed by atoms with van der Waals surface area (Å²) >= 11 is 0. The van der Waals surface area contributed by atoms with Crippen molar-refractivity contribution in [1.29, 1.82) is 0 Å². The Morgan fingerprint density at radius 1 is 0.386 bits per heavy atom. The minimum Gasteiger partial charge on any atom is -0.466 e. The van der Waals surface area contributed by atoms with Crippen LogP contribution in [0.2, 0.25) is 0 Å². The van der Waals surface area contributed by atoms with Gasteiger partial charge < -0.3 is 20.3 Å². The van der Waals surface area contributed by atoms with E-state index in [1.165, 1.54) is 276 Å². The molecular weight excluding hydrogens is 863 g/mol. The molecule has 0 heterocycles. The Labute approximate surface area is 438 Å². The van der Waals surface area contributed by atoms with Crippen LogP contribution in [-0.4, -0.2) is 47.4 Å². The van der Waals surface area contributed by atoms with E-state index in [1.807, 2.05) is 6.08 Å². The Kier molecular flexibility index (Phi) is 59.0. The molecule has 0 aromatic heterocycles. The van der Waals surface area contributed by atoms with Gasteiger partial charge in [-0.25, -0.2) is 0 Å². The first-order chi connectivity index (χ1) is 34.5. The molecule has 0 spiro atoms. The van der Waals surface area contributed by atoms with Crippen molar-refractivity contribution in [2.24, 2.45) is 0 Å². The van der Waals surface area contributed by atoms with Gasteiger partial charge in [-0.05, 0) is 32.1 Å². The first-order valence-electron chi connectivity index (χ1n) is 32.0. The number of unbranched alkanes of at least 4 members (excludes halogenated alkanes) is 49. The SMILES string of the molecule is CCCCCCCCCCCCCCCCCCCCCCCC/C=C/C(O)C(CO)NC(=O)CCCCCCCCCCCCCCCOC(=O)CCCCCCCCCCCCCCCCCC. The second-order valence-electron chi connectivity index (χ2n) is 22.1. The number of nitrogens with one attached hydrogen (secondary N) is 1. The van der Waals surface area contributed by atoms with E-state index in [1.54, 1.807) is 6.08 Å². The van der Waals surface area contributed by atoms with Gasteiger partial charge in [0, 0.05) is 12.8 Å². The summed E-state index contributed by atoms with van der Waals surface area (Å²) in [6.07, 6.45) is 72.5. The zero-order chi connectivity index (χ0) is 50.7. The molecular formula is C64H125NO5. The zero-order valence-corrected chi connectivity index (χ0v) is 47.5. The lowest BCUT2D eigenvalue weighted by Crippen LogP contribution is -2.45. The van der Waals surface area contributed by atoms with E-state index < -0.39 is 12.1 Å². The lowest BCUT2D eigenvalue weighted by atomic mass is 10.0. The Hall–Kier alpha value is -1.40. The number of aliphatic hydroxyl groups excluding tert-OH is 2. The smallest absolute Gasteiger partial charge is 0.305 e. The summed E-state index contributed by atoms with van der Waals surface area (Å²) in [6, 6.07) is -0.638. The maximum Gasteiger partial charge on any atom is 0.305 e. The lowest BCUT2D eigenvalue weighted by Gasteiger charge is -2.20. The minimum atomic E-state index is -0.853. The largest absolute Gasteiger partial charge is 0.466 e. The van der Waals surface area contributed by atoms with E-state index in [0.717, 1.165) is 57.8 Å². The fourth-order valence-corrected chi connectivity index (χ4v) is 10.2. The molecule has 0 aromatic carbocycles. The maximum atomic E-state index is 12.5. The highest BCUT2D eigenvalue weighted by molar-refractivity contribution is 5.76. The van der Waals surface area contributed by atoms with Crippen LogP contribution in [0.5, 0.6) is 0 Å². The van der Waals surface area contributed by atoms with Crippen LogP contribution in [0.15, 0.2) is 12.2 Å². The van der Waals surface area contributed by atoms with Gasteiger partial charge in [0.15, 0.2) is 0 Å². The third-order valence-electron chi connectivity index (χ3n) is 15.1. The van der Waals surface area contributed by atoms with E-state index in [-0.39, 0.29) is 18.5 Å². The van der Waals surface area contributed by atoms with Crippen molar-refractivity contribution in [3.8, 4) is 0 Å². The van der Waals surface area contributed by atoms with Gasteiger partial charge in [-0.2, -0.15) is 0 Å². The molecule has 2 unspecified atom stereocenters. The highest BCUT2D eigenvalue weighted by Gasteiger charge is 2.18. The predicted molar refractivity (Wildman–Crippen MR) is 306 cm³/mol. The molecule has 416 valence electrons. The van der Waals surface area contributed by atoms with Gasteiger partial charge in [-0.15, -0.1) is 0 Å². The third kappa shape index (κ3) is 55.9. The van der Waals surface area contributed by atoms with Gasteiger partial charge in [-0.1, -0.05) is 328 Å². The quantitative estimate of drug-likeness (QED) is 0.0321. The predicted octanol–water partition coefficient (Wildman–Crippen LogP) is 20.0. The minimum absolute atomic E-state index is 0.00212. The first-order valence-corrected chi connectivity index (χ1v) is 32.0. The number of aliphatic hydroxyl groups is 2. The van der Waals surface area contributed by atoms with Gasteiger partial charge in [0.2, 0.25) is 5.91 Å². The molecule has 0 aliphatic carbocycles. The fraction of sp³-hybridized carbons (Fsp3) is 0.938. The van der Waals surface area contributed by atoms with Crippen LogP contribution in [0, 0.1) is 0 Å². The molecule has 0 rings (SSSR count). The van der Waals surface area contributed by atoms with Crippen molar-refractivity contribution in [2.75, 3.05) is 13.2 Å². The second-order valence-corrected chi connectivity index (χ2v) is 22.1. The summed E-state index contributed by atoms with van der Waals surface area (Å²) in [7, 11) is 0. The van der Waals surface area contributed by atoms with Gasteiger partial charge >= 0.3 is 5.97 Å². The average molecular weight is 989 g/mol. The monoisotopic (exact) mass is 988 g/mol. The van der Waals surface area contributed by atoms with Crippen LogP contribution in [0.1, 0.15) is 361 Å². The lowest BCUT2D eigenvalue weighted by molar-refractivity contribution is -0.143. The topological polar surface area (TPSA) is 95.9 Å². The van der Waals surface area contributed by atoms with Gasteiger partial charge in [-0.3, -0.25) is 9.59 Å². The summed E-state index contributed by atoms with van der Waals surface area (Å²) in [5.74, 6) is -0.0782. The second kappa shape index (κ2) is 60.2. The number of amides is 1. The van der Waals surface area contributed by atoms with Crippen LogP contribution in [0.4, 0.5) is 0 Å². The van der Waals surface area contributed by atoms with Crippen LogP contribution in [0.3, 0.4) is 0 Å². The Morgan fingerprint density at radius 3 is 0.971 bits per heavy atom. The molecule has 6 heteroatoms. The highest BCUT2D eigenvalue weighted by atomic mass is 16.5. The Balaban J connectivity index is 3.45. The van der Waals surface area contributed by atoms with Crippen molar-refractivity contribution in [2.45, 2.75) is 373 Å². The number of hydrogen-bond acceptors (Lipinski definition) is 5. The van der Waals surface area contributed by atoms with Crippen LogP contribution < -0.4 is 5.32 Å². The number of allylic oxidation sites excluding steroid dienone is 1. The molecule has 0 bridgehead atoms. The fourth-order valence-electron chi connectivity index (χ4n) is 10.2. The van der Waals surface area contributed by atoms with E-state index in [0.29, 0.717) is 19.4 Å². The van der Waals surface area contributed by atoms with Crippen molar-refractivity contribution < 1.29 is 24.5 Å². The molecule has 0 aromatic rings. The van der Waals surface area contributed by atoms with E-state index >= 15 is 0 Å². The van der Waals surface area contributed by atoms with Gasteiger partial charge in [0.05, 0.1) is 25.4 Å². The Morgan fingerprint density at radius 2 is 0.657 bits per heavy atom. The standard InChI is InChI=1S/C64H125NO5/c1-3-5-7-9-11-13-15-17-19-21-22-23-24-25-26-27-28-29-32-36-40-44-48-52-56-62(67)61(60-66)65-63(68)57-53-49-45-41-37-33-31-35-39-43-47-51-55-59-70-64(69)58-54-50-46-42-38-34-30-20-18-16-14-12-10-8-6-4-2/h52,56,61-62,66-67H,3-51,53-55,57-60H2,1-2H3,(H,65,68)/b56-52+. The zero-order valence-electron chi connectivity index (χ0n) is 47.5. The van der Waals surface area contributed by atoms with Crippen LogP contribution >= 0.6 is 0 Å². The molecule has 0 saturated carbocycles. The molecule has 2 atom stereocenters. The number of esters is 1. The molecule has 70 heavy (non-hydrogen) atoms. The molecule has 1 amide bonds. The summed E-state index contributed by atoms with van der Waals surface area (Å²) in [5, 5.41) is 23.2. The first kappa shape index (κ1) is 68.6. The molecule has 0 saturated heterocycles. The summed E-state index contributed by atoms with van der Waals surface area (Å²) < 4.78 is 5.49. The van der Waals surface area contributed by atoms with Crippen molar-refractivity contribution >= 4 is 11.9 Å². The van der Waals surface area contributed by atoms with Gasteiger partial charge in [0.1, 0.15) is 0 Å². The van der Waals surface area contributed by atoms with E-state index in [9.17, 15) is 19.8 Å². The van der Waals surface area contributed by atoms with Gasteiger partial charge in [0.25, 0.3) is 0 Å².